The number of fused-ring (bicyclic) bond motifs is 1. The zero-order chi connectivity index (χ0) is 29.7. The first-order chi connectivity index (χ1) is 20.1. The first-order valence-corrected chi connectivity index (χ1v) is 14.2. The molecular formula is C31H37FN4O6. The number of nitrogens with one attached hydrogen (secondary N) is 2. The van der Waals surface area contributed by atoms with Crippen LogP contribution in [0.2, 0.25) is 0 Å². The number of nitrogens with zero attached hydrogens (tertiary/aromatic N) is 2. The highest BCUT2D eigenvalue weighted by Gasteiger charge is 2.35. The highest BCUT2D eigenvalue weighted by atomic mass is 19.1. The number of likely N-dealkylation sites (tertiary alicyclic amines) is 1. The van der Waals surface area contributed by atoms with Crippen LogP contribution >= 0.6 is 0 Å². The summed E-state index contributed by atoms with van der Waals surface area (Å²) in [6.07, 6.45) is 4.30. The van der Waals surface area contributed by atoms with Gasteiger partial charge >= 0.3 is 6.09 Å². The molecule has 0 aliphatic carbocycles. The molecule has 2 N–H and O–H groups in total. The van der Waals surface area contributed by atoms with E-state index in [4.69, 9.17) is 18.9 Å². The standard InChI is InChI=1S/C31H37FN4O6/c1-31(2,3)42-30(38)36-11-9-25(23(17-36)18-39-24-5-7-27-28(14-24)41-19-40-27)21-4-6-26(32)22(12-21)13-29(37)33-10-8-20-15-34-35-16-20/h4-7,12,14-16,23,25H,8-11,13,17-19H2,1-3H3,(H,33,37)(H,34,35)/t23-,25-/m0/s1. The van der Waals surface area contributed by atoms with Crippen molar-refractivity contribution in [1.29, 1.82) is 0 Å². The van der Waals surface area contributed by atoms with Crippen LogP contribution in [0.3, 0.4) is 0 Å². The number of H-pyrrole nitrogens is 1. The van der Waals surface area contributed by atoms with Gasteiger partial charge in [0.15, 0.2) is 11.5 Å². The largest absolute Gasteiger partial charge is 0.493 e. The molecule has 2 aliphatic heterocycles. The Morgan fingerprint density at radius 3 is 2.79 bits per heavy atom. The number of aromatic amines is 1. The lowest BCUT2D eigenvalue weighted by Gasteiger charge is -2.39. The molecule has 0 bridgehead atoms. The van der Waals surface area contributed by atoms with Gasteiger partial charge in [0.05, 0.1) is 19.2 Å². The molecule has 0 spiro atoms. The summed E-state index contributed by atoms with van der Waals surface area (Å²) in [6.45, 7) is 7.33. The molecule has 3 heterocycles. The second-order valence-corrected chi connectivity index (χ2v) is 11.6. The molecular weight excluding hydrogens is 543 g/mol. The normalized spacial score (nSPS) is 18.0. The number of carbonyl (C=O) groups is 2. The Labute approximate surface area is 244 Å². The molecule has 1 saturated heterocycles. The molecule has 3 aromatic rings. The lowest BCUT2D eigenvalue weighted by atomic mass is 9.80. The van der Waals surface area contributed by atoms with E-state index in [0.29, 0.717) is 61.9 Å². The van der Waals surface area contributed by atoms with Crippen molar-refractivity contribution < 1.29 is 32.9 Å². The molecule has 0 saturated carbocycles. The lowest BCUT2D eigenvalue weighted by molar-refractivity contribution is -0.120. The van der Waals surface area contributed by atoms with Crippen molar-refractivity contribution in [2.24, 2.45) is 5.92 Å². The van der Waals surface area contributed by atoms with E-state index >= 15 is 0 Å². The number of carbonyl (C=O) groups excluding carboxylic acids is 2. The van der Waals surface area contributed by atoms with E-state index in [1.807, 2.05) is 26.8 Å². The van der Waals surface area contributed by atoms with Gasteiger partial charge in [-0.05, 0) is 74.4 Å². The Bertz CT molecular complexity index is 1390. The molecule has 2 atom stereocenters. The van der Waals surface area contributed by atoms with Crippen molar-refractivity contribution >= 4 is 12.0 Å². The number of hydrogen-bond donors (Lipinski definition) is 2. The summed E-state index contributed by atoms with van der Waals surface area (Å²) in [5.74, 6) is 1.09. The molecule has 2 aliphatic rings. The van der Waals surface area contributed by atoms with E-state index in [9.17, 15) is 14.0 Å². The first kappa shape index (κ1) is 29.2. The number of halogens is 1. The molecule has 5 rings (SSSR count). The Morgan fingerprint density at radius 1 is 1.17 bits per heavy atom. The summed E-state index contributed by atoms with van der Waals surface area (Å²) in [6, 6.07) is 10.4. The third-order valence-corrected chi connectivity index (χ3v) is 7.33. The van der Waals surface area contributed by atoms with Gasteiger partial charge < -0.3 is 29.2 Å². The molecule has 1 aromatic heterocycles. The second kappa shape index (κ2) is 12.7. The summed E-state index contributed by atoms with van der Waals surface area (Å²) >= 11 is 0. The zero-order valence-corrected chi connectivity index (χ0v) is 24.2. The Balaban J connectivity index is 1.29. The summed E-state index contributed by atoms with van der Waals surface area (Å²) in [4.78, 5) is 27.2. The maximum Gasteiger partial charge on any atom is 0.410 e. The summed E-state index contributed by atoms with van der Waals surface area (Å²) in [5.41, 5.74) is 1.60. The fraction of sp³-hybridized carbons (Fsp3) is 0.452. The first-order valence-electron chi connectivity index (χ1n) is 14.2. The van der Waals surface area contributed by atoms with Crippen molar-refractivity contribution in [3.63, 3.8) is 0 Å². The number of piperidine rings is 1. The average molecular weight is 581 g/mol. The molecule has 11 heteroatoms. The second-order valence-electron chi connectivity index (χ2n) is 11.6. The molecule has 0 unspecified atom stereocenters. The Kier molecular flexibility index (Phi) is 8.84. The quantitative estimate of drug-likeness (QED) is 0.380. The number of aromatic nitrogens is 2. The third-order valence-electron chi connectivity index (χ3n) is 7.33. The number of amides is 2. The van der Waals surface area contributed by atoms with Crippen LogP contribution < -0.4 is 19.5 Å². The van der Waals surface area contributed by atoms with Crippen LogP contribution in [0.1, 0.15) is 49.8 Å². The van der Waals surface area contributed by atoms with Gasteiger partial charge in [0.25, 0.3) is 0 Å². The van der Waals surface area contributed by atoms with Gasteiger partial charge in [-0.3, -0.25) is 9.89 Å². The van der Waals surface area contributed by atoms with Crippen LogP contribution in [0.25, 0.3) is 0 Å². The van der Waals surface area contributed by atoms with E-state index in [1.165, 1.54) is 6.07 Å². The van der Waals surface area contributed by atoms with Crippen LogP contribution in [0, 0.1) is 11.7 Å². The van der Waals surface area contributed by atoms with E-state index < -0.39 is 11.4 Å². The zero-order valence-electron chi connectivity index (χ0n) is 24.2. The van der Waals surface area contributed by atoms with Gasteiger partial charge in [-0.25, -0.2) is 9.18 Å². The monoisotopic (exact) mass is 580 g/mol. The molecule has 10 nitrogen and oxygen atoms in total. The van der Waals surface area contributed by atoms with Gasteiger partial charge in [0.1, 0.15) is 17.2 Å². The van der Waals surface area contributed by atoms with Gasteiger partial charge in [-0.15, -0.1) is 0 Å². The predicted octanol–water partition coefficient (Wildman–Crippen LogP) is 4.60. The molecule has 1 fully saturated rings. The lowest BCUT2D eigenvalue weighted by Crippen LogP contribution is -2.46. The summed E-state index contributed by atoms with van der Waals surface area (Å²) in [7, 11) is 0. The molecule has 42 heavy (non-hydrogen) atoms. The van der Waals surface area contributed by atoms with E-state index in [1.54, 1.807) is 41.6 Å². The van der Waals surface area contributed by atoms with Crippen molar-refractivity contribution in [1.82, 2.24) is 20.4 Å². The van der Waals surface area contributed by atoms with E-state index in [-0.39, 0.29) is 37.0 Å². The predicted molar refractivity (Wildman–Crippen MR) is 152 cm³/mol. The average Bonchev–Trinajstić information content (AvgIpc) is 3.64. The Hall–Kier alpha value is -4.28. The summed E-state index contributed by atoms with van der Waals surface area (Å²) in [5, 5.41) is 9.49. The molecule has 0 radical (unpaired) electrons. The van der Waals surface area contributed by atoms with E-state index in [2.05, 4.69) is 15.5 Å². The smallest absolute Gasteiger partial charge is 0.410 e. The van der Waals surface area contributed by atoms with Crippen LogP contribution in [0.4, 0.5) is 9.18 Å². The number of hydrogen-bond acceptors (Lipinski definition) is 7. The van der Waals surface area contributed by atoms with Crippen molar-refractivity contribution in [2.75, 3.05) is 33.0 Å². The Morgan fingerprint density at radius 2 is 2.00 bits per heavy atom. The minimum absolute atomic E-state index is 0.0267. The fourth-order valence-corrected chi connectivity index (χ4v) is 5.26. The van der Waals surface area contributed by atoms with Gasteiger partial charge in [-0.1, -0.05) is 12.1 Å². The SMILES string of the molecule is CC(C)(C)OC(=O)N1CC[C@@H](c2ccc(F)c(CC(=O)NCCc3cn[nH]c3)c2)[C@H](COc2ccc3c(c2)OCO3)C1. The number of benzene rings is 2. The van der Waals surface area contributed by atoms with Gasteiger partial charge in [0, 0.05) is 37.8 Å². The van der Waals surface area contributed by atoms with Crippen molar-refractivity contribution in [3.05, 3.63) is 71.3 Å². The fourth-order valence-electron chi connectivity index (χ4n) is 5.26. The topological polar surface area (TPSA) is 115 Å². The minimum atomic E-state index is -0.614. The van der Waals surface area contributed by atoms with Crippen LogP contribution in [-0.4, -0.2) is 65.7 Å². The van der Waals surface area contributed by atoms with E-state index in [0.717, 1.165) is 11.1 Å². The number of rotatable bonds is 9. The van der Waals surface area contributed by atoms with Crippen molar-refractivity contribution in [3.8, 4) is 17.2 Å². The molecule has 2 amide bonds. The van der Waals surface area contributed by atoms with Gasteiger partial charge in [-0.2, -0.15) is 5.10 Å². The van der Waals surface area contributed by atoms with Crippen LogP contribution in [-0.2, 0) is 22.4 Å². The minimum Gasteiger partial charge on any atom is -0.493 e. The molecule has 2 aromatic carbocycles. The molecule has 224 valence electrons. The van der Waals surface area contributed by atoms with Crippen molar-refractivity contribution in [2.45, 2.75) is 51.6 Å². The highest BCUT2D eigenvalue weighted by molar-refractivity contribution is 5.78. The maximum atomic E-state index is 14.8. The number of ether oxygens (including phenoxy) is 4. The highest BCUT2D eigenvalue weighted by Crippen LogP contribution is 2.38. The maximum absolute atomic E-state index is 14.8. The van der Waals surface area contributed by atoms with Gasteiger partial charge in [0.2, 0.25) is 12.7 Å². The van der Waals surface area contributed by atoms with Crippen LogP contribution in [0.15, 0.2) is 48.8 Å². The van der Waals surface area contributed by atoms with Crippen LogP contribution in [0.5, 0.6) is 17.2 Å². The summed E-state index contributed by atoms with van der Waals surface area (Å²) < 4.78 is 37.5. The third kappa shape index (κ3) is 7.51.